The van der Waals surface area contributed by atoms with E-state index in [4.69, 9.17) is 14.9 Å². The van der Waals surface area contributed by atoms with Crippen LogP contribution in [-0.4, -0.2) is 23.4 Å². The van der Waals surface area contributed by atoms with Crippen molar-refractivity contribution in [1.29, 1.82) is 0 Å². The first-order valence-electron chi connectivity index (χ1n) is 4.48. The quantitative estimate of drug-likeness (QED) is 0.619. The standard InChI is InChI=1S/C10H18O3/c1-3-9(5-7-11)13-10(4-2)6-8-12/h3-4,11-12H,5-8H2,1-2H3. The van der Waals surface area contributed by atoms with Gasteiger partial charge < -0.3 is 14.9 Å². The van der Waals surface area contributed by atoms with Gasteiger partial charge in [-0.1, -0.05) is 0 Å². The zero-order valence-corrected chi connectivity index (χ0v) is 8.29. The van der Waals surface area contributed by atoms with Crippen molar-refractivity contribution in [3.63, 3.8) is 0 Å². The third-order valence-corrected chi connectivity index (χ3v) is 1.62. The maximum absolute atomic E-state index is 8.69. The lowest BCUT2D eigenvalue weighted by Gasteiger charge is -2.10. The van der Waals surface area contributed by atoms with Crippen LogP contribution in [0.3, 0.4) is 0 Å². The summed E-state index contributed by atoms with van der Waals surface area (Å²) < 4.78 is 5.43. The van der Waals surface area contributed by atoms with Gasteiger partial charge >= 0.3 is 0 Å². The van der Waals surface area contributed by atoms with Crippen molar-refractivity contribution in [2.75, 3.05) is 13.2 Å². The zero-order chi connectivity index (χ0) is 10.1. The molecule has 2 N–H and O–H groups in total. The highest BCUT2D eigenvalue weighted by Gasteiger charge is 2.00. The van der Waals surface area contributed by atoms with Crippen LogP contribution in [0.1, 0.15) is 26.7 Å². The number of ether oxygens (including phenoxy) is 1. The summed E-state index contributed by atoms with van der Waals surface area (Å²) >= 11 is 0. The lowest BCUT2D eigenvalue weighted by molar-refractivity contribution is 0.212. The summed E-state index contributed by atoms with van der Waals surface area (Å²) in [6, 6.07) is 0. The normalized spacial score (nSPS) is 13.2. The highest BCUT2D eigenvalue weighted by atomic mass is 16.5. The Hall–Kier alpha value is -0.800. The van der Waals surface area contributed by atoms with Gasteiger partial charge in [0.25, 0.3) is 0 Å². The molecule has 0 spiro atoms. The van der Waals surface area contributed by atoms with E-state index >= 15 is 0 Å². The van der Waals surface area contributed by atoms with E-state index in [2.05, 4.69) is 0 Å². The fraction of sp³-hybridized carbons (Fsp3) is 0.600. The van der Waals surface area contributed by atoms with E-state index in [1.807, 2.05) is 26.0 Å². The molecule has 0 rings (SSSR count). The Morgan fingerprint density at radius 1 is 1.00 bits per heavy atom. The number of allylic oxidation sites excluding steroid dienone is 2. The minimum absolute atomic E-state index is 0.0792. The second-order valence-electron chi connectivity index (χ2n) is 2.56. The highest BCUT2D eigenvalue weighted by molar-refractivity contribution is 5.00. The lowest BCUT2D eigenvalue weighted by Crippen LogP contribution is -1.98. The zero-order valence-electron chi connectivity index (χ0n) is 8.29. The van der Waals surface area contributed by atoms with Crippen molar-refractivity contribution in [2.45, 2.75) is 26.7 Å². The fourth-order valence-corrected chi connectivity index (χ4v) is 0.897. The molecular weight excluding hydrogens is 168 g/mol. The monoisotopic (exact) mass is 186 g/mol. The van der Waals surface area contributed by atoms with Crippen LogP contribution in [0.2, 0.25) is 0 Å². The van der Waals surface area contributed by atoms with Crippen molar-refractivity contribution in [3.8, 4) is 0 Å². The highest BCUT2D eigenvalue weighted by Crippen LogP contribution is 2.12. The maximum atomic E-state index is 8.69. The Labute approximate surface area is 79.3 Å². The van der Waals surface area contributed by atoms with Crippen molar-refractivity contribution >= 4 is 0 Å². The summed E-state index contributed by atoms with van der Waals surface area (Å²) in [6.07, 6.45) is 4.66. The molecule has 0 aromatic rings. The van der Waals surface area contributed by atoms with Crippen LogP contribution in [0.15, 0.2) is 23.7 Å². The minimum Gasteiger partial charge on any atom is -0.467 e. The molecule has 0 bridgehead atoms. The van der Waals surface area contributed by atoms with Gasteiger partial charge in [0.05, 0.1) is 13.2 Å². The molecule has 3 heteroatoms. The lowest BCUT2D eigenvalue weighted by atomic mass is 10.3. The third kappa shape index (κ3) is 5.44. The first-order valence-corrected chi connectivity index (χ1v) is 4.48. The summed E-state index contributed by atoms with van der Waals surface area (Å²) in [5.41, 5.74) is 0. The average molecular weight is 186 g/mol. The summed E-state index contributed by atoms with van der Waals surface area (Å²) in [6.45, 7) is 3.88. The van der Waals surface area contributed by atoms with E-state index in [-0.39, 0.29) is 13.2 Å². The number of aliphatic hydroxyl groups is 2. The molecule has 76 valence electrons. The van der Waals surface area contributed by atoms with Gasteiger partial charge in [-0.2, -0.15) is 0 Å². The fourth-order valence-electron chi connectivity index (χ4n) is 0.897. The van der Waals surface area contributed by atoms with Crippen molar-refractivity contribution < 1.29 is 14.9 Å². The van der Waals surface area contributed by atoms with Crippen LogP contribution in [0.4, 0.5) is 0 Å². The Morgan fingerprint density at radius 2 is 1.38 bits per heavy atom. The molecule has 13 heavy (non-hydrogen) atoms. The van der Waals surface area contributed by atoms with E-state index < -0.39 is 0 Å². The van der Waals surface area contributed by atoms with Gasteiger partial charge in [0, 0.05) is 12.8 Å². The topological polar surface area (TPSA) is 49.7 Å². The van der Waals surface area contributed by atoms with Crippen LogP contribution in [0, 0.1) is 0 Å². The van der Waals surface area contributed by atoms with E-state index in [9.17, 15) is 0 Å². The van der Waals surface area contributed by atoms with E-state index in [1.165, 1.54) is 0 Å². The predicted octanol–water partition coefficient (Wildman–Crippen LogP) is 1.58. The first-order chi connectivity index (χ1) is 6.28. The second-order valence-corrected chi connectivity index (χ2v) is 2.56. The number of hydrogen-bond acceptors (Lipinski definition) is 3. The smallest absolute Gasteiger partial charge is 0.102 e. The van der Waals surface area contributed by atoms with Crippen LogP contribution in [-0.2, 0) is 4.74 Å². The average Bonchev–Trinajstić information content (AvgIpc) is 2.16. The minimum atomic E-state index is 0.0792. The molecule has 0 atom stereocenters. The first kappa shape index (κ1) is 12.2. The molecule has 3 nitrogen and oxygen atoms in total. The summed E-state index contributed by atoms with van der Waals surface area (Å²) in [4.78, 5) is 0. The van der Waals surface area contributed by atoms with E-state index in [0.29, 0.717) is 12.8 Å². The number of hydrogen-bond donors (Lipinski definition) is 2. The molecule has 0 heterocycles. The summed E-state index contributed by atoms with van der Waals surface area (Å²) in [5.74, 6) is 1.48. The molecular formula is C10H18O3. The summed E-state index contributed by atoms with van der Waals surface area (Å²) in [5, 5.41) is 17.4. The largest absolute Gasteiger partial charge is 0.467 e. The molecule has 0 aliphatic heterocycles. The van der Waals surface area contributed by atoms with Crippen molar-refractivity contribution in [1.82, 2.24) is 0 Å². The van der Waals surface area contributed by atoms with Crippen molar-refractivity contribution in [2.24, 2.45) is 0 Å². The molecule has 0 fully saturated rings. The molecule has 0 amide bonds. The van der Waals surface area contributed by atoms with E-state index in [1.54, 1.807) is 0 Å². The van der Waals surface area contributed by atoms with E-state index in [0.717, 1.165) is 11.5 Å². The van der Waals surface area contributed by atoms with Gasteiger partial charge in [-0.3, -0.25) is 0 Å². The Kier molecular flexibility index (Phi) is 7.35. The molecule has 0 radical (unpaired) electrons. The van der Waals surface area contributed by atoms with Crippen molar-refractivity contribution in [3.05, 3.63) is 23.7 Å². The van der Waals surface area contributed by atoms with Gasteiger partial charge in [-0.05, 0) is 26.0 Å². The predicted molar refractivity (Wildman–Crippen MR) is 52.0 cm³/mol. The number of rotatable bonds is 6. The molecule has 0 unspecified atom stereocenters. The SMILES string of the molecule is CC=C(CCO)OC(=CC)CCO. The van der Waals surface area contributed by atoms with Gasteiger partial charge in [0.15, 0.2) is 0 Å². The Morgan fingerprint density at radius 3 is 1.62 bits per heavy atom. The molecule has 0 saturated carbocycles. The van der Waals surface area contributed by atoms with Crippen LogP contribution in [0.5, 0.6) is 0 Å². The molecule has 0 aliphatic rings. The Balaban J connectivity index is 4.05. The second kappa shape index (κ2) is 7.83. The molecule has 0 saturated heterocycles. The van der Waals surface area contributed by atoms with Crippen LogP contribution >= 0.6 is 0 Å². The molecule has 0 aliphatic carbocycles. The van der Waals surface area contributed by atoms with Gasteiger partial charge in [-0.15, -0.1) is 0 Å². The van der Waals surface area contributed by atoms with Gasteiger partial charge in [-0.25, -0.2) is 0 Å². The Bertz CT molecular complexity index is 163. The number of aliphatic hydroxyl groups excluding tert-OH is 2. The summed E-state index contributed by atoms with van der Waals surface area (Å²) in [7, 11) is 0. The molecule has 0 aromatic heterocycles. The van der Waals surface area contributed by atoms with Crippen LogP contribution < -0.4 is 0 Å². The molecule has 0 aromatic carbocycles. The third-order valence-electron chi connectivity index (χ3n) is 1.62. The van der Waals surface area contributed by atoms with Gasteiger partial charge in [0.2, 0.25) is 0 Å². The van der Waals surface area contributed by atoms with Crippen LogP contribution in [0.25, 0.3) is 0 Å². The van der Waals surface area contributed by atoms with Gasteiger partial charge in [0.1, 0.15) is 11.5 Å². The maximum Gasteiger partial charge on any atom is 0.102 e.